The Kier molecular flexibility index (Phi) is 6.95. The Balaban J connectivity index is 1.61. The van der Waals surface area contributed by atoms with Crippen molar-refractivity contribution < 1.29 is 18.1 Å². The molecule has 0 saturated heterocycles. The fourth-order valence-electron chi connectivity index (χ4n) is 4.61. The molecule has 0 radical (unpaired) electrons. The summed E-state index contributed by atoms with van der Waals surface area (Å²) in [4.78, 5) is 11.0. The SMILES string of the molecule is CC(NS(=O)(=O)c1ccc(OCc2ccccc2[N+](=O)[O-])c2ccccc12)C1CCCCC1. The van der Waals surface area contributed by atoms with Gasteiger partial charge in [-0.05, 0) is 43.9 Å². The maximum Gasteiger partial charge on any atom is 0.276 e. The van der Waals surface area contributed by atoms with Crippen molar-refractivity contribution in [3.05, 3.63) is 76.3 Å². The van der Waals surface area contributed by atoms with Crippen molar-refractivity contribution in [1.82, 2.24) is 4.72 Å². The van der Waals surface area contributed by atoms with Crippen LogP contribution in [0.2, 0.25) is 0 Å². The summed E-state index contributed by atoms with van der Waals surface area (Å²) in [5.41, 5.74) is 0.438. The van der Waals surface area contributed by atoms with Crippen LogP contribution in [0.25, 0.3) is 10.8 Å². The number of ether oxygens (including phenoxy) is 1. The van der Waals surface area contributed by atoms with Crippen LogP contribution in [0.5, 0.6) is 5.75 Å². The third kappa shape index (κ3) is 5.17. The van der Waals surface area contributed by atoms with Gasteiger partial charge in [0.1, 0.15) is 12.4 Å². The highest BCUT2D eigenvalue weighted by Gasteiger charge is 2.27. The summed E-state index contributed by atoms with van der Waals surface area (Å²) in [6.07, 6.45) is 5.59. The molecule has 3 aromatic rings. The third-order valence-electron chi connectivity index (χ3n) is 6.40. The average molecular weight is 469 g/mol. The molecule has 1 fully saturated rings. The Morgan fingerprint density at radius 1 is 1.00 bits per heavy atom. The number of hydrogen-bond donors (Lipinski definition) is 1. The number of nitro benzene ring substituents is 1. The predicted octanol–water partition coefficient (Wildman–Crippen LogP) is 5.57. The monoisotopic (exact) mass is 468 g/mol. The first kappa shape index (κ1) is 23.2. The van der Waals surface area contributed by atoms with Crippen molar-refractivity contribution in [1.29, 1.82) is 0 Å². The molecule has 0 aromatic heterocycles. The third-order valence-corrected chi connectivity index (χ3v) is 8.02. The van der Waals surface area contributed by atoms with Gasteiger partial charge in [-0.1, -0.05) is 55.7 Å². The normalized spacial score (nSPS) is 15.9. The summed E-state index contributed by atoms with van der Waals surface area (Å²) in [5.74, 6) is 0.826. The molecule has 1 saturated carbocycles. The number of nitrogens with one attached hydrogen (secondary N) is 1. The Labute approximate surface area is 194 Å². The zero-order valence-corrected chi connectivity index (χ0v) is 19.4. The van der Waals surface area contributed by atoms with E-state index in [-0.39, 0.29) is 23.2 Å². The van der Waals surface area contributed by atoms with Crippen LogP contribution >= 0.6 is 0 Å². The van der Waals surface area contributed by atoms with Gasteiger partial charge in [-0.25, -0.2) is 13.1 Å². The number of fused-ring (bicyclic) bond motifs is 1. The van der Waals surface area contributed by atoms with Crippen molar-refractivity contribution in [3.8, 4) is 5.75 Å². The van der Waals surface area contributed by atoms with Gasteiger partial charge in [0.25, 0.3) is 5.69 Å². The summed E-state index contributed by atoms with van der Waals surface area (Å²) in [7, 11) is -3.73. The fourth-order valence-corrected chi connectivity index (χ4v) is 6.13. The highest BCUT2D eigenvalue weighted by atomic mass is 32.2. The fraction of sp³-hybridized carbons (Fsp3) is 0.360. The van der Waals surface area contributed by atoms with Crippen molar-refractivity contribution >= 4 is 26.5 Å². The van der Waals surface area contributed by atoms with Crippen LogP contribution in [0.3, 0.4) is 0 Å². The molecule has 3 aromatic carbocycles. The van der Waals surface area contributed by atoms with E-state index in [0.717, 1.165) is 25.7 Å². The molecule has 0 spiro atoms. The van der Waals surface area contributed by atoms with Gasteiger partial charge < -0.3 is 4.74 Å². The first-order valence-electron chi connectivity index (χ1n) is 11.3. The van der Waals surface area contributed by atoms with Gasteiger partial charge in [0.15, 0.2) is 0 Å². The predicted molar refractivity (Wildman–Crippen MR) is 128 cm³/mol. The summed E-state index contributed by atoms with van der Waals surface area (Å²) >= 11 is 0. The Morgan fingerprint density at radius 3 is 2.39 bits per heavy atom. The van der Waals surface area contributed by atoms with Crippen LogP contribution in [-0.2, 0) is 16.6 Å². The van der Waals surface area contributed by atoms with E-state index >= 15 is 0 Å². The van der Waals surface area contributed by atoms with E-state index in [9.17, 15) is 18.5 Å². The van der Waals surface area contributed by atoms with Crippen LogP contribution in [0.15, 0.2) is 65.6 Å². The van der Waals surface area contributed by atoms with Gasteiger partial charge in [-0.15, -0.1) is 0 Å². The molecule has 174 valence electrons. The number of nitrogens with zero attached hydrogens (tertiary/aromatic N) is 1. The van der Waals surface area contributed by atoms with E-state index in [4.69, 9.17) is 4.74 Å². The molecule has 4 rings (SSSR count). The molecule has 8 heteroatoms. The molecule has 1 N–H and O–H groups in total. The Hall–Kier alpha value is -2.97. The quantitative estimate of drug-likeness (QED) is 0.344. The molecule has 33 heavy (non-hydrogen) atoms. The summed E-state index contributed by atoms with van der Waals surface area (Å²) in [6.45, 7) is 1.95. The van der Waals surface area contributed by atoms with E-state index in [1.165, 1.54) is 12.5 Å². The summed E-state index contributed by atoms with van der Waals surface area (Å²) < 4.78 is 35.4. The van der Waals surface area contributed by atoms with Gasteiger partial charge in [0, 0.05) is 22.9 Å². The minimum Gasteiger partial charge on any atom is -0.488 e. The van der Waals surface area contributed by atoms with Gasteiger partial charge in [0.2, 0.25) is 10.0 Å². The van der Waals surface area contributed by atoms with Crippen molar-refractivity contribution in [2.24, 2.45) is 5.92 Å². The standard InChI is InChI=1S/C25H28N2O5S/c1-18(19-9-3-2-4-10-19)26-33(30,31)25-16-15-24(21-12-6-7-13-22(21)25)32-17-20-11-5-8-14-23(20)27(28)29/h5-8,11-16,18-19,26H,2-4,9-10,17H2,1H3. The topological polar surface area (TPSA) is 98.5 Å². The summed E-state index contributed by atoms with van der Waals surface area (Å²) in [5, 5.41) is 12.5. The second-order valence-corrected chi connectivity index (χ2v) is 10.3. The number of nitro groups is 1. The zero-order chi connectivity index (χ0) is 23.4. The molecule has 1 atom stereocenters. The maximum absolute atomic E-state index is 13.3. The van der Waals surface area contributed by atoms with E-state index in [1.54, 1.807) is 48.5 Å². The molecular formula is C25H28N2O5S. The van der Waals surface area contributed by atoms with Crippen molar-refractivity contribution in [2.75, 3.05) is 0 Å². The van der Waals surface area contributed by atoms with Crippen LogP contribution in [0.4, 0.5) is 5.69 Å². The van der Waals surface area contributed by atoms with Gasteiger partial charge >= 0.3 is 0 Å². The number of hydrogen-bond acceptors (Lipinski definition) is 5. The van der Waals surface area contributed by atoms with Crippen LogP contribution in [0, 0.1) is 16.0 Å². The minimum atomic E-state index is -3.73. The average Bonchev–Trinajstić information content (AvgIpc) is 2.82. The number of benzene rings is 3. The summed E-state index contributed by atoms with van der Waals surface area (Å²) in [6, 6.07) is 16.6. The van der Waals surface area contributed by atoms with Gasteiger partial charge in [-0.2, -0.15) is 0 Å². The molecule has 0 aliphatic heterocycles. The van der Waals surface area contributed by atoms with Gasteiger partial charge in [0.05, 0.1) is 15.4 Å². The van der Waals surface area contributed by atoms with Gasteiger partial charge in [-0.3, -0.25) is 10.1 Å². The smallest absolute Gasteiger partial charge is 0.276 e. The second-order valence-electron chi connectivity index (χ2n) is 8.59. The lowest BCUT2D eigenvalue weighted by Crippen LogP contribution is -2.38. The van der Waals surface area contributed by atoms with Crippen molar-refractivity contribution in [3.63, 3.8) is 0 Å². The molecule has 0 amide bonds. The second kappa shape index (κ2) is 9.89. The van der Waals surface area contributed by atoms with Crippen molar-refractivity contribution in [2.45, 2.75) is 56.6 Å². The first-order valence-corrected chi connectivity index (χ1v) is 12.7. The molecule has 0 heterocycles. The Morgan fingerprint density at radius 2 is 1.67 bits per heavy atom. The number of sulfonamides is 1. The van der Waals surface area contributed by atoms with Crippen LogP contribution in [-0.4, -0.2) is 19.4 Å². The van der Waals surface area contributed by atoms with Crippen LogP contribution in [0.1, 0.15) is 44.6 Å². The molecule has 7 nitrogen and oxygen atoms in total. The lowest BCUT2D eigenvalue weighted by atomic mass is 9.85. The highest BCUT2D eigenvalue weighted by molar-refractivity contribution is 7.89. The van der Waals surface area contributed by atoms with E-state index in [2.05, 4.69) is 4.72 Å². The van der Waals surface area contributed by atoms with Crippen LogP contribution < -0.4 is 9.46 Å². The maximum atomic E-state index is 13.3. The number of rotatable bonds is 8. The molecule has 1 aliphatic rings. The largest absolute Gasteiger partial charge is 0.488 e. The zero-order valence-electron chi connectivity index (χ0n) is 18.6. The van der Waals surface area contributed by atoms with E-state index in [1.807, 2.05) is 13.0 Å². The van der Waals surface area contributed by atoms with E-state index < -0.39 is 14.9 Å². The molecule has 0 bridgehead atoms. The molecule has 1 unspecified atom stereocenters. The lowest BCUT2D eigenvalue weighted by Gasteiger charge is -2.28. The highest BCUT2D eigenvalue weighted by Crippen LogP contribution is 2.33. The first-order chi connectivity index (χ1) is 15.9. The van der Waals surface area contributed by atoms with E-state index in [0.29, 0.717) is 28.0 Å². The number of para-hydroxylation sites is 1. The molecular weight excluding hydrogens is 440 g/mol. The minimum absolute atomic E-state index is 0.00417. The lowest BCUT2D eigenvalue weighted by molar-refractivity contribution is -0.385. The Bertz CT molecular complexity index is 1250. The molecule has 1 aliphatic carbocycles.